The molecule has 0 aliphatic heterocycles. The molecule has 2 aromatic rings. The maximum atomic E-state index is 6.15. The van der Waals surface area contributed by atoms with Crippen LogP contribution in [0.2, 0.25) is 5.02 Å². The molecule has 2 N–H and O–H groups in total. The molecule has 0 fully saturated rings. The van der Waals surface area contributed by atoms with E-state index in [-0.39, 0.29) is 5.54 Å². The van der Waals surface area contributed by atoms with Crippen LogP contribution in [0.3, 0.4) is 0 Å². The number of nitrogen functional groups attached to an aromatic ring is 1. The van der Waals surface area contributed by atoms with Gasteiger partial charge in [-0.15, -0.1) is 5.10 Å². The zero-order valence-corrected chi connectivity index (χ0v) is 10.7. The number of hydrogen-bond donors (Lipinski definition) is 1. The van der Waals surface area contributed by atoms with Gasteiger partial charge in [-0.1, -0.05) is 11.6 Å². The molecule has 5 nitrogen and oxygen atoms in total. The Morgan fingerprint density at radius 2 is 2.00 bits per heavy atom. The van der Waals surface area contributed by atoms with E-state index in [1.54, 1.807) is 22.9 Å². The predicted molar refractivity (Wildman–Crippen MR) is 67.7 cm³/mol. The predicted octanol–water partition coefficient (Wildman–Crippen LogP) is 2.33. The average molecular weight is 252 g/mol. The van der Waals surface area contributed by atoms with Crippen molar-refractivity contribution >= 4 is 17.3 Å². The van der Waals surface area contributed by atoms with E-state index < -0.39 is 0 Å². The fourth-order valence-electron chi connectivity index (χ4n) is 1.52. The van der Waals surface area contributed by atoms with Gasteiger partial charge >= 0.3 is 0 Å². The quantitative estimate of drug-likeness (QED) is 0.790. The lowest BCUT2D eigenvalue weighted by Crippen LogP contribution is -2.24. The van der Waals surface area contributed by atoms with Crippen molar-refractivity contribution in [3.05, 3.63) is 23.2 Å². The van der Waals surface area contributed by atoms with Crippen LogP contribution in [0.5, 0.6) is 0 Å². The second kappa shape index (κ2) is 4.00. The minimum absolute atomic E-state index is 0.216. The highest BCUT2D eigenvalue weighted by Gasteiger charge is 2.22. The van der Waals surface area contributed by atoms with Crippen LogP contribution in [0.4, 0.5) is 5.69 Å². The molecule has 0 radical (unpaired) electrons. The molecule has 1 heterocycles. The van der Waals surface area contributed by atoms with Crippen molar-refractivity contribution in [2.45, 2.75) is 26.3 Å². The third-order valence-electron chi connectivity index (χ3n) is 2.34. The Morgan fingerprint density at radius 1 is 1.29 bits per heavy atom. The molecule has 0 aliphatic rings. The van der Waals surface area contributed by atoms with Gasteiger partial charge in [0.2, 0.25) is 0 Å². The van der Waals surface area contributed by atoms with Crippen LogP contribution < -0.4 is 5.73 Å². The van der Waals surface area contributed by atoms with Gasteiger partial charge in [0.25, 0.3) is 0 Å². The van der Waals surface area contributed by atoms with E-state index in [4.69, 9.17) is 17.3 Å². The van der Waals surface area contributed by atoms with Crippen molar-refractivity contribution in [1.29, 1.82) is 0 Å². The Morgan fingerprint density at radius 3 is 2.65 bits per heavy atom. The van der Waals surface area contributed by atoms with Crippen molar-refractivity contribution < 1.29 is 0 Å². The average Bonchev–Trinajstić information content (AvgIpc) is 2.69. The Bertz CT molecular complexity index is 541. The molecule has 6 heteroatoms. The fraction of sp³-hybridized carbons (Fsp3) is 0.364. The third-order valence-corrected chi connectivity index (χ3v) is 2.67. The van der Waals surface area contributed by atoms with Crippen LogP contribution in [0.25, 0.3) is 11.4 Å². The van der Waals surface area contributed by atoms with Crippen molar-refractivity contribution in [1.82, 2.24) is 20.2 Å². The molecule has 0 amide bonds. The summed E-state index contributed by atoms with van der Waals surface area (Å²) in [5.74, 6) is 0.620. The number of aromatic nitrogens is 4. The molecule has 1 aromatic carbocycles. The van der Waals surface area contributed by atoms with Crippen molar-refractivity contribution in [2.75, 3.05) is 5.73 Å². The van der Waals surface area contributed by atoms with Gasteiger partial charge in [-0.05, 0) is 49.4 Å². The van der Waals surface area contributed by atoms with Crippen LogP contribution in [0, 0.1) is 0 Å². The molecule has 0 bridgehead atoms. The lowest BCUT2D eigenvalue weighted by molar-refractivity contribution is 0.351. The first-order valence-electron chi connectivity index (χ1n) is 5.24. The molecule has 0 spiro atoms. The maximum Gasteiger partial charge on any atom is 0.184 e. The maximum absolute atomic E-state index is 6.15. The number of hydrogen-bond acceptors (Lipinski definition) is 4. The lowest BCUT2D eigenvalue weighted by Gasteiger charge is -2.20. The molecule has 0 saturated heterocycles. The summed E-state index contributed by atoms with van der Waals surface area (Å²) in [5, 5.41) is 12.3. The topological polar surface area (TPSA) is 69.6 Å². The van der Waals surface area contributed by atoms with Crippen molar-refractivity contribution in [2.24, 2.45) is 0 Å². The Balaban J connectivity index is 2.61. The number of anilines is 1. The minimum atomic E-state index is -0.216. The standard InChI is InChI=1S/C11H14ClN5/c1-11(2,3)17-10(14-15-16-17)8-6-7(13)4-5-9(8)12/h4-6H,13H2,1-3H3. The van der Waals surface area contributed by atoms with E-state index >= 15 is 0 Å². The largest absolute Gasteiger partial charge is 0.399 e. The molecule has 0 saturated carbocycles. The highest BCUT2D eigenvalue weighted by Crippen LogP contribution is 2.30. The molecule has 1 aromatic heterocycles. The van der Waals surface area contributed by atoms with E-state index in [0.717, 1.165) is 5.56 Å². The first kappa shape index (κ1) is 11.9. The molecule has 0 atom stereocenters. The minimum Gasteiger partial charge on any atom is -0.399 e. The summed E-state index contributed by atoms with van der Waals surface area (Å²) in [6.45, 7) is 6.06. The number of tetrazole rings is 1. The molecule has 17 heavy (non-hydrogen) atoms. The van der Waals surface area contributed by atoms with E-state index in [2.05, 4.69) is 15.5 Å². The number of benzene rings is 1. The molecular weight excluding hydrogens is 238 g/mol. The second-order valence-corrected chi connectivity index (χ2v) is 5.23. The number of halogens is 1. The molecule has 0 unspecified atom stereocenters. The SMILES string of the molecule is CC(C)(C)n1nnnc1-c1cc(N)ccc1Cl. The Kier molecular flexibility index (Phi) is 2.79. The highest BCUT2D eigenvalue weighted by atomic mass is 35.5. The van der Waals surface area contributed by atoms with Gasteiger partial charge in [-0.25, -0.2) is 4.68 Å². The highest BCUT2D eigenvalue weighted by molar-refractivity contribution is 6.33. The van der Waals surface area contributed by atoms with Crippen LogP contribution in [-0.4, -0.2) is 20.2 Å². The summed E-state index contributed by atoms with van der Waals surface area (Å²) in [5.41, 5.74) is 6.92. The number of rotatable bonds is 1. The van der Waals surface area contributed by atoms with Crippen LogP contribution in [0.15, 0.2) is 18.2 Å². The zero-order chi connectivity index (χ0) is 12.6. The van der Waals surface area contributed by atoms with Gasteiger partial charge in [0, 0.05) is 11.3 Å². The number of nitrogens with zero attached hydrogens (tertiary/aromatic N) is 4. The summed E-state index contributed by atoms with van der Waals surface area (Å²) in [7, 11) is 0. The Hall–Kier alpha value is -1.62. The third kappa shape index (κ3) is 2.24. The van der Waals surface area contributed by atoms with Gasteiger partial charge in [0.15, 0.2) is 5.82 Å². The van der Waals surface area contributed by atoms with E-state index in [9.17, 15) is 0 Å². The van der Waals surface area contributed by atoms with Crippen LogP contribution in [-0.2, 0) is 5.54 Å². The normalized spacial score (nSPS) is 11.8. The summed E-state index contributed by atoms with van der Waals surface area (Å²) >= 11 is 6.15. The van der Waals surface area contributed by atoms with E-state index in [1.807, 2.05) is 20.8 Å². The van der Waals surface area contributed by atoms with E-state index in [0.29, 0.717) is 16.5 Å². The first-order chi connectivity index (χ1) is 7.89. The zero-order valence-electron chi connectivity index (χ0n) is 9.98. The molecule has 2 rings (SSSR count). The molecular formula is C11H14ClN5. The van der Waals surface area contributed by atoms with Gasteiger partial charge in [0.1, 0.15) is 0 Å². The van der Waals surface area contributed by atoms with Gasteiger partial charge in [-0.3, -0.25) is 0 Å². The van der Waals surface area contributed by atoms with Gasteiger partial charge in [0.05, 0.1) is 10.6 Å². The van der Waals surface area contributed by atoms with Gasteiger partial charge < -0.3 is 5.73 Å². The number of nitrogens with two attached hydrogens (primary N) is 1. The van der Waals surface area contributed by atoms with Gasteiger partial charge in [-0.2, -0.15) is 0 Å². The van der Waals surface area contributed by atoms with E-state index in [1.165, 1.54) is 0 Å². The Labute approximate surface area is 105 Å². The first-order valence-corrected chi connectivity index (χ1v) is 5.61. The summed E-state index contributed by atoms with van der Waals surface area (Å²) in [4.78, 5) is 0. The lowest BCUT2D eigenvalue weighted by atomic mass is 10.1. The van der Waals surface area contributed by atoms with Crippen molar-refractivity contribution in [3.8, 4) is 11.4 Å². The second-order valence-electron chi connectivity index (χ2n) is 4.82. The smallest absolute Gasteiger partial charge is 0.184 e. The summed E-state index contributed by atoms with van der Waals surface area (Å²) in [6.07, 6.45) is 0. The van der Waals surface area contributed by atoms with Crippen molar-refractivity contribution in [3.63, 3.8) is 0 Å². The summed E-state index contributed by atoms with van der Waals surface area (Å²) in [6, 6.07) is 5.27. The molecule has 0 aliphatic carbocycles. The summed E-state index contributed by atoms with van der Waals surface area (Å²) < 4.78 is 1.73. The molecule has 90 valence electrons. The monoisotopic (exact) mass is 251 g/mol. The fourth-order valence-corrected chi connectivity index (χ4v) is 1.72. The van der Waals surface area contributed by atoms with Crippen LogP contribution in [0.1, 0.15) is 20.8 Å². The van der Waals surface area contributed by atoms with Crippen LogP contribution >= 0.6 is 11.6 Å².